The molecule has 2 aromatic carbocycles. The summed E-state index contributed by atoms with van der Waals surface area (Å²) >= 11 is 1.94. The van der Waals surface area contributed by atoms with Gasteiger partial charge >= 0.3 is 0 Å². The molecule has 2 nitrogen and oxygen atoms in total. The Balaban J connectivity index is 2.04. The molecule has 3 heteroatoms. The highest BCUT2D eigenvalue weighted by molar-refractivity contribution is 7.98. The third-order valence-electron chi connectivity index (χ3n) is 3.59. The molecule has 1 atom stereocenters. The molecule has 104 valence electrons. The molecule has 2 aromatic rings. The number of hydrogen-bond acceptors (Lipinski definition) is 3. The summed E-state index contributed by atoms with van der Waals surface area (Å²) in [6.45, 7) is 0.873. The van der Waals surface area contributed by atoms with Crippen LogP contribution in [0.25, 0.3) is 0 Å². The van der Waals surface area contributed by atoms with Crippen molar-refractivity contribution in [2.24, 2.45) is 0 Å². The molecule has 0 fully saturated rings. The minimum absolute atomic E-state index is 0.278. The molecule has 0 saturated carbocycles. The maximum atomic E-state index is 3.69. The second-order valence-electron chi connectivity index (χ2n) is 5.40. The van der Waals surface area contributed by atoms with E-state index in [2.05, 4.69) is 72.8 Å². The van der Waals surface area contributed by atoms with Crippen LogP contribution in [-0.2, 0) is 5.75 Å². The van der Waals surface area contributed by atoms with E-state index >= 15 is 0 Å². The molecule has 20 heavy (non-hydrogen) atoms. The molecule has 1 heterocycles. The van der Waals surface area contributed by atoms with Crippen molar-refractivity contribution in [2.45, 2.75) is 16.7 Å². The first-order valence-electron chi connectivity index (χ1n) is 6.93. The zero-order chi connectivity index (χ0) is 13.9. The Kier molecular flexibility index (Phi) is 4.10. The van der Waals surface area contributed by atoms with Gasteiger partial charge in [0.1, 0.15) is 0 Å². The molecular weight excluding hydrogens is 264 g/mol. The van der Waals surface area contributed by atoms with Gasteiger partial charge in [-0.3, -0.25) is 10.2 Å². The van der Waals surface area contributed by atoms with Gasteiger partial charge in [0.15, 0.2) is 0 Å². The molecule has 0 radical (unpaired) electrons. The van der Waals surface area contributed by atoms with Gasteiger partial charge < -0.3 is 0 Å². The van der Waals surface area contributed by atoms with E-state index in [1.54, 1.807) is 0 Å². The van der Waals surface area contributed by atoms with Gasteiger partial charge in [0, 0.05) is 17.3 Å². The Morgan fingerprint density at radius 3 is 2.55 bits per heavy atom. The average Bonchev–Trinajstić information content (AvgIpc) is 2.62. The molecule has 0 bridgehead atoms. The van der Waals surface area contributed by atoms with Gasteiger partial charge in [-0.25, -0.2) is 0 Å². The standard InChI is InChI=1S/C17H20N2S/c1-19(2)12-18-17-14-8-4-3-7-13(14)11-20-16-10-6-5-9-15(16)17/h3-10,17-18H,11-12H2,1-2H3/t17-/m0/s1. The molecule has 0 aromatic heterocycles. The lowest BCUT2D eigenvalue weighted by molar-refractivity contribution is 0.352. The van der Waals surface area contributed by atoms with Gasteiger partial charge in [0.05, 0.1) is 6.04 Å². The van der Waals surface area contributed by atoms with Crippen molar-refractivity contribution in [2.75, 3.05) is 20.8 Å². The third kappa shape index (κ3) is 2.75. The maximum Gasteiger partial charge on any atom is 0.0600 e. The number of rotatable bonds is 3. The fourth-order valence-electron chi connectivity index (χ4n) is 2.61. The van der Waals surface area contributed by atoms with Crippen LogP contribution in [0.15, 0.2) is 53.4 Å². The Bertz CT molecular complexity index is 548. The molecule has 1 N–H and O–H groups in total. The number of hydrogen-bond donors (Lipinski definition) is 1. The van der Waals surface area contributed by atoms with Crippen LogP contribution in [0.4, 0.5) is 0 Å². The summed E-state index contributed by atoms with van der Waals surface area (Å²) < 4.78 is 0. The molecule has 0 unspecified atom stereocenters. The van der Waals surface area contributed by atoms with E-state index < -0.39 is 0 Å². The zero-order valence-corrected chi connectivity index (χ0v) is 12.8. The topological polar surface area (TPSA) is 15.3 Å². The number of fused-ring (bicyclic) bond motifs is 2. The molecule has 0 spiro atoms. The maximum absolute atomic E-state index is 3.69. The first-order chi connectivity index (χ1) is 9.75. The largest absolute Gasteiger partial charge is 0.297 e. The van der Waals surface area contributed by atoms with Gasteiger partial charge in [0.2, 0.25) is 0 Å². The average molecular weight is 284 g/mol. The summed E-state index contributed by atoms with van der Waals surface area (Å²) in [5.41, 5.74) is 4.24. The van der Waals surface area contributed by atoms with Gasteiger partial charge in [-0.05, 0) is 36.9 Å². The van der Waals surface area contributed by atoms with E-state index in [9.17, 15) is 0 Å². The highest BCUT2D eigenvalue weighted by atomic mass is 32.2. The van der Waals surface area contributed by atoms with Crippen LogP contribution < -0.4 is 5.32 Å². The van der Waals surface area contributed by atoms with Crippen molar-refractivity contribution >= 4 is 11.8 Å². The minimum Gasteiger partial charge on any atom is -0.297 e. The number of nitrogens with one attached hydrogen (secondary N) is 1. The Morgan fingerprint density at radius 2 is 1.75 bits per heavy atom. The van der Waals surface area contributed by atoms with Gasteiger partial charge in [-0.1, -0.05) is 42.5 Å². The normalized spacial score (nSPS) is 17.4. The summed E-state index contributed by atoms with van der Waals surface area (Å²) in [4.78, 5) is 3.56. The molecule has 0 saturated heterocycles. The number of thioether (sulfide) groups is 1. The Labute approximate surface area is 125 Å². The molecule has 0 amide bonds. The zero-order valence-electron chi connectivity index (χ0n) is 12.0. The SMILES string of the molecule is CN(C)CN[C@H]1c2ccccc2CSc2ccccc21. The molecule has 0 aliphatic carbocycles. The smallest absolute Gasteiger partial charge is 0.0600 e. The molecule has 3 rings (SSSR count). The van der Waals surface area contributed by atoms with Crippen LogP contribution >= 0.6 is 11.8 Å². The lowest BCUT2D eigenvalue weighted by Crippen LogP contribution is -2.32. The van der Waals surface area contributed by atoms with E-state index in [1.807, 2.05) is 11.8 Å². The Hall–Kier alpha value is -1.29. The van der Waals surface area contributed by atoms with Crippen molar-refractivity contribution in [1.29, 1.82) is 0 Å². The lowest BCUT2D eigenvalue weighted by atomic mass is 9.95. The predicted molar refractivity (Wildman–Crippen MR) is 86.0 cm³/mol. The highest BCUT2D eigenvalue weighted by Gasteiger charge is 2.22. The predicted octanol–water partition coefficient (Wildman–Crippen LogP) is 3.49. The number of nitrogens with zero attached hydrogens (tertiary/aromatic N) is 1. The quantitative estimate of drug-likeness (QED) is 0.869. The van der Waals surface area contributed by atoms with Crippen LogP contribution in [0.5, 0.6) is 0 Å². The summed E-state index contributed by atoms with van der Waals surface area (Å²) in [6.07, 6.45) is 0. The van der Waals surface area contributed by atoms with Crippen molar-refractivity contribution in [3.8, 4) is 0 Å². The Morgan fingerprint density at radius 1 is 1.05 bits per heavy atom. The fourth-order valence-corrected chi connectivity index (χ4v) is 3.72. The van der Waals surface area contributed by atoms with Crippen LogP contribution in [0.3, 0.4) is 0 Å². The van der Waals surface area contributed by atoms with E-state index in [0.717, 1.165) is 12.4 Å². The van der Waals surface area contributed by atoms with E-state index in [0.29, 0.717) is 0 Å². The van der Waals surface area contributed by atoms with Gasteiger partial charge in [-0.15, -0.1) is 11.8 Å². The number of benzene rings is 2. The van der Waals surface area contributed by atoms with Crippen molar-refractivity contribution in [3.63, 3.8) is 0 Å². The van der Waals surface area contributed by atoms with Crippen LogP contribution in [0.1, 0.15) is 22.7 Å². The highest BCUT2D eigenvalue weighted by Crippen LogP contribution is 2.38. The minimum atomic E-state index is 0.278. The first-order valence-corrected chi connectivity index (χ1v) is 7.92. The summed E-state index contributed by atoms with van der Waals surface area (Å²) in [7, 11) is 4.19. The van der Waals surface area contributed by atoms with Crippen molar-refractivity contribution in [1.82, 2.24) is 10.2 Å². The van der Waals surface area contributed by atoms with Crippen LogP contribution in [0.2, 0.25) is 0 Å². The van der Waals surface area contributed by atoms with Gasteiger partial charge in [0.25, 0.3) is 0 Å². The fraction of sp³-hybridized carbons (Fsp3) is 0.294. The summed E-state index contributed by atoms with van der Waals surface area (Å²) in [5.74, 6) is 1.05. The first kappa shape index (κ1) is 13.7. The van der Waals surface area contributed by atoms with Gasteiger partial charge in [-0.2, -0.15) is 0 Å². The van der Waals surface area contributed by atoms with E-state index in [-0.39, 0.29) is 6.04 Å². The van der Waals surface area contributed by atoms with E-state index in [4.69, 9.17) is 0 Å². The molecular formula is C17H20N2S. The van der Waals surface area contributed by atoms with Crippen molar-refractivity contribution < 1.29 is 0 Å². The van der Waals surface area contributed by atoms with Crippen LogP contribution in [-0.4, -0.2) is 25.7 Å². The van der Waals surface area contributed by atoms with Crippen molar-refractivity contribution in [3.05, 3.63) is 65.2 Å². The third-order valence-corrected chi connectivity index (χ3v) is 4.73. The monoisotopic (exact) mass is 284 g/mol. The second kappa shape index (κ2) is 6.00. The second-order valence-corrected chi connectivity index (χ2v) is 6.42. The van der Waals surface area contributed by atoms with E-state index in [1.165, 1.54) is 21.6 Å². The molecule has 1 aliphatic heterocycles. The summed E-state index contributed by atoms with van der Waals surface area (Å²) in [5, 5.41) is 3.69. The lowest BCUT2D eigenvalue weighted by Gasteiger charge is -2.23. The molecule has 1 aliphatic rings. The van der Waals surface area contributed by atoms with Crippen LogP contribution in [0, 0.1) is 0 Å². The summed E-state index contributed by atoms with van der Waals surface area (Å²) in [6, 6.07) is 17.8.